The molecule has 0 radical (unpaired) electrons. The molecule has 0 aromatic heterocycles. The van der Waals surface area contributed by atoms with E-state index in [-0.39, 0.29) is 7.46 Å². The first-order valence-corrected chi connectivity index (χ1v) is 3.76. The van der Waals surface area contributed by atoms with Crippen molar-refractivity contribution in [3.05, 3.63) is 0 Å². The Morgan fingerprint density at radius 2 is 1.70 bits per heavy atom. The molecule has 0 saturated heterocycles. The molecule has 3 nitrogen and oxygen atoms in total. The third-order valence-corrected chi connectivity index (χ3v) is 1.08. The van der Waals surface area contributed by atoms with Gasteiger partial charge in [-0.1, -0.05) is 13.8 Å². The summed E-state index contributed by atoms with van der Waals surface area (Å²) in [7, 11) is 0. The van der Waals surface area contributed by atoms with Crippen molar-refractivity contribution in [3.8, 4) is 0 Å². The Morgan fingerprint density at radius 1 is 1.40 bits per heavy atom. The van der Waals surface area contributed by atoms with Crippen molar-refractivity contribution in [2.45, 2.75) is 27.7 Å². The van der Waals surface area contributed by atoms with E-state index in [2.05, 4.69) is 0 Å². The Balaban J connectivity index is -0.000000196. The van der Waals surface area contributed by atoms with Gasteiger partial charge in [0, 0.05) is 14.5 Å². The molecule has 0 fully saturated rings. The van der Waals surface area contributed by atoms with Gasteiger partial charge < -0.3 is 10.6 Å². The molecule has 0 unspecified atom stereocenters. The zero-order valence-corrected chi connectivity index (χ0v) is 7.35. The van der Waals surface area contributed by atoms with E-state index in [0.29, 0.717) is 13.1 Å². The van der Waals surface area contributed by atoms with Crippen molar-refractivity contribution in [1.29, 1.82) is 0 Å². The van der Waals surface area contributed by atoms with E-state index in [0.717, 1.165) is 0 Å². The summed E-state index contributed by atoms with van der Waals surface area (Å²) in [5.41, 5.74) is 4.94. The predicted molar refractivity (Wildman–Crippen MR) is 46.0 cm³/mol. The van der Waals surface area contributed by atoms with Crippen LogP contribution in [0.5, 0.6) is 0 Å². The number of primary amides is 1. The van der Waals surface area contributed by atoms with Gasteiger partial charge in [-0.25, -0.2) is 4.79 Å². The van der Waals surface area contributed by atoms with Gasteiger partial charge in [0.05, 0.1) is 0 Å². The van der Waals surface area contributed by atoms with Crippen LogP contribution < -0.4 is 5.73 Å². The first kappa shape index (κ1) is 12.0. The van der Waals surface area contributed by atoms with Crippen LogP contribution in [-0.4, -0.2) is 24.0 Å². The van der Waals surface area contributed by atoms with Gasteiger partial charge in [0.1, 0.15) is 0 Å². The van der Waals surface area contributed by atoms with Crippen molar-refractivity contribution >= 4 is 6.03 Å². The Bertz CT molecular complexity index is 84.5. The Morgan fingerprint density at radius 3 is 1.70 bits per heavy atom. The molecular weight excluding hydrogens is 128 g/mol. The summed E-state index contributed by atoms with van der Waals surface area (Å²) in [6.45, 7) is 9.19. The minimum Gasteiger partial charge on any atom is -0.351 e. The lowest BCUT2D eigenvalue weighted by Crippen LogP contribution is -2.35. The van der Waals surface area contributed by atoms with E-state index in [9.17, 15) is 4.79 Å². The maximum Gasteiger partial charge on any atom is 0.314 e. The van der Waals surface area contributed by atoms with Gasteiger partial charge >= 0.3 is 6.03 Å². The minimum atomic E-state index is -0.338. The molecule has 0 saturated carbocycles. The van der Waals surface area contributed by atoms with Crippen LogP contribution in [0.15, 0.2) is 0 Å². The standard InChI is InChI=1S/C5H12N2O.C2H6.H2/c1-3-7(4-2)5(6)8;1-2;/h3-4H2,1-2H3,(H2,6,8);1-2H3;1H. The highest BCUT2D eigenvalue weighted by atomic mass is 16.2. The molecule has 0 aliphatic carbocycles. The van der Waals surface area contributed by atoms with Crippen LogP contribution in [0, 0.1) is 0 Å². The molecule has 0 heterocycles. The number of hydrogen-bond acceptors (Lipinski definition) is 1. The average Bonchev–Trinajstić information content (AvgIpc) is 1.94. The number of nitrogens with two attached hydrogens (primary N) is 1. The fourth-order valence-electron chi connectivity index (χ4n) is 0.535. The number of rotatable bonds is 2. The molecule has 0 aliphatic heterocycles. The molecule has 2 amide bonds. The van der Waals surface area contributed by atoms with E-state index in [1.807, 2.05) is 27.7 Å². The fraction of sp³-hybridized carbons (Fsp3) is 0.857. The van der Waals surface area contributed by atoms with Gasteiger partial charge in [0.25, 0.3) is 0 Å². The molecule has 64 valence electrons. The van der Waals surface area contributed by atoms with Gasteiger partial charge in [-0.05, 0) is 13.8 Å². The minimum absolute atomic E-state index is 0. The van der Waals surface area contributed by atoms with Crippen LogP contribution in [0.3, 0.4) is 0 Å². The Kier molecular flexibility index (Phi) is 9.92. The van der Waals surface area contributed by atoms with Crippen molar-refractivity contribution in [2.75, 3.05) is 13.1 Å². The van der Waals surface area contributed by atoms with Crippen LogP contribution in [-0.2, 0) is 0 Å². The second-order valence-electron chi connectivity index (χ2n) is 1.51. The van der Waals surface area contributed by atoms with Gasteiger partial charge in [-0.2, -0.15) is 0 Å². The van der Waals surface area contributed by atoms with Crippen LogP contribution in [0.1, 0.15) is 29.1 Å². The fourth-order valence-corrected chi connectivity index (χ4v) is 0.535. The number of nitrogens with zero attached hydrogens (tertiary/aromatic N) is 1. The second-order valence-corrected chi connectivity index (χ2v) is 1.51. The first-order valence-electron chi connectivity index (χ1n) is 3.76. The van der Waals surface area contributed by atoms with Crippen molar-refractivity contribution in [1.82, 2.24) is 4.90 Å². The van der Waals surface area contributed by atoms with Gasteiger partial charge in [-0.15, -0.1) is 0 Å². The maximum atomic E-state index is 10.3. The number of amides is 2. The number of hydrogen-bond donors (Lipinski definition) is 1. The van der Waals surface area contributed by atoms with E-state index in [4.69, 9.17) is 5.73 Å². The molecule has 0 atom stereocenters. The zero-order chi connectivity index (χ0) is 8.57. The van der Waals surface area contributed by atoms with Gasteiger partial charge in [-0.3, -0.25) is 0 Å². The first-order chi connectivity index (χ1) is 4.72. The second kappa shape index (κ2) is 8.27. The van der Waals surface area contributed by atoms with Crippen LogP contribution in [0.2, 0.25) is 0 Å². The Hall–Kier alpha value is -0.730. The van der Waals surface area contributed by atoms with Gasteiger partial charge in [0.15, 0.2) is 0 Å². The van der Waals surface area contributed by atoms with Crippen molar-refractivity contribution < 1.29 is 6.22 Å². The normalized spacial score (nSPS) is 7.60. The summed E-state index contributed by atoms with van der Waals surface area (Å²) >= 11 is 0. The zero-order valence-electron chi connectivity index (χ0n) is 7.35. The number of carbonyl (C=O) groups excluding carboxylic acids is 1. The van der Waals surface area contributed by atoms with Crippen LogP contribution in [0.25, 0.3) is 0 Å². The molecule has 0 aromatic carbocycles. The number of urea groups is 1. The molecular formula is C7H20N2O. The SMILES string of the molecule is CC.CCN(CC)C(N)=O.[HH]. The van der Waals surface area contributed by atoms with E-state index >= 15 is 0 Å². The highest BCUT2D eigenvalue weighted by Gasteiger charge is 2.00. The summed E-state index contributed by atoms with van der Waals surface area (Å²) in [5, 5.41) is 0. The maximum absolute atomic E-state index is 10.3. The summed E-state index contributed by atoms with van der Waals surface area (Å²) in [5.74, 6) is 0. The summed E-state index contributed by atoms with van der Waals surface area (Å²) in [6, 6.07) is -0.338. The smallest absolute Gasteiger partial charge is 0.314 e. The van der Waals surface area contributed by atoms with E-state index in [1.54, 1.807) is 4.90 Å². The quantitative estimate of drug-likeness (QED) is 0.636. The van der Waals surface area contributed by atoms with E-state index in [1.165, 1.54) is 0 Å². The summed E-state index contributed by atoms with van der Waals surface area (Å²) in [4.78, 5) is 11.9. The molecule has 10 heavy (non-hydrogen) atoms. The van der Waals surface area contributed by atoms with Gasteiger partial charge in [0.2, 0.25) is 0 Å². The van der Waals surface area contributed by atoms with Crippen LogP contribution in [0.4, 0.5) is 4.79 Å². The predicted octanol–water partition coefficient (Wildman–Crippen LogP) is 1.68. The monoisotopic (exact) mass is 148 g/mol. The summed E-state index contributed by atoms with van der Waals surface area (Å²) in [6.07, 6.45) is 0. The average molecular weight is 148 g/mol. The molecule has 3 heteroatoms. The third kappa shape index (κ3) is 5.41. The lowest BCUT2D eigenvalue weighted by atomic mass is 10.5. The summed E-state index contributed by atoms with van der Waals surface area (Å²) < 4.78 is 0. The number of carbonyl (C=O) groups is 1. The third-order valence-electron chi connectivity index (χ3n) is 1.08. The molecule has 0 bridgehead atoms. The van der Waals surface area contributed by atoms with Crippen LogP contribution >= 0.6 is 0 Å². The molecule has 2 N–H and O–H groups in total. The van der Waals surface area contributed by atoms with Crippen molar-refractivity contribution in [2.24, 2.45) is 5.73 Å². The Labute approximate surface area is 64.7 Å². The lowest BCUT2D eigenvalue weighted by molar-refractivity contribution is 0.213. The highest BCUT2D eigenvalue weighted by molar-refractivity contribution is 5.71. The molecule has 0 aliphatic rings. The molecule has 0 spiro atoms. The van der Waals surface area contributed by atoms with E-state index < -0.39 is 0 Å². The molecule has 0 aromatic rings. The highest BCUT2D eigenvalue weighted by Crippen LogP contribution is 1.82. The topological polar surface area (TPSA) is 46.3 Å². The van der Waals surface area contributed by atoms with Crippen molar-refractivity contribution in [3.63, 3.8) is 0 Å². The molecule has 0 rings (SSSR count). The largest absolute Gasteiger partial charge is 0.351 e. The lowest BCUT2D eigenvalue weighted by Gasteiger charge is -2.13.